The highest BCUT2D eigenvalue weighted by atomic mass is 19.1. The number of hydrogen-bond acceptors (Lipinski definition) is 4. The average Bonchev–Trinajstić information content (AvgIpc) is 2.43. The number of amides is 1. The number of carboxylic acid groups (broad SMARTS) is 1. The van der Waals surface area contributed by atoms with Crippen LogP contribution in [0.1, 0.15) is 5.56 Å². The Morgan fingerprint density at radius 3 is 2.52 bits per heavy atom. The Balaban J connectivity index is 2.41. The summed E-state index contributed by atoms with van der Waals surface area (Å²) in [4.78, 5) is 24.0. The third kappa shape index (κ3) is 7.38. The Hall–Kier alpha value is -1.99. The van der Waals surface area contributed by atoms with Crippen LogP contribution < -0.4 is 5.32 Å². The van der Waals surface area contributed by atoms with Crippen molar-refractivity contribution in [3.8, 4) is 0 Å². The van der Waals surface area contributed by atoms with E-state index in [2.05, 4.69) is 5.32 Å². The van der Waals surface area contributed by atoms with Crippen LogP contribution in [0, 0.1) is 5.82 Å². The van der Waals surface area contributed by atoms with Crippen molar-refractivity contribution in [2.75, 3.05) is 33.4 Å². The predicted octanol–water partition coefficient (Wildman–Crippen LogP) is 0.475. The topological polar surface area (TPSA) is 78.9 Å². The summed E-state index contributed by atoms with van der Waals surface area (Å²) in [6, 6.07) is 5.79. The van der Waals surface area contributed by atoms with Gasteiger partial charge in [-0.15, -0.1) is 0 Å². The molecule has 7 heteroatoms. The minimum Gasteiger partial charge on any atom is -0.480 e. The summed E-state index contributed by atoms with van der Waals surface area (Å²) in [6.07, 6.45) is 0. The number of carbonyl (C=O) groups excluding carboxylic acids is 1. The van der Waals surface area contributed by atoms with Crippen molar-refractivity contribution in [3.05, 3.63) is 35.6 Å². The molecule has 0 saturated heterocycles. The zero-order chi connectivity index (χ0) is 15.7. The van der Waals surface area contributed by atoms with Crippen molar-refractivity contribution >= 4 is 11.9 Å². The number of carbonyl (C=O) groups is 2. The molecule has 0 atom stereocenters. The van der Waals surface area contributed by atoms with Gasteiger partial charge in [0.15, 0.2) is 0 Å². The van der Waals surface area contributed by atoms with Crippen molar-refractivity contribution in [1.82, 2.24) is 10.2 Å². The number of rotatable bonds is 9. The number of ether oxygens (including phenoxy) is 1. The van der Waals surface area contributed by atoms with Crippen LogP contribution in [-0.4, -0.2) is 55.2 Å². The molecule has 2 N–H and O–H groups in total. The fourth-order valence-electron chi connectivity index (χ4n) is 1.69. The van der Waals surface area contributed by atoms with Gasteiger partial charge in [-0.3, -0.25) is 14.5 Å². The molecule has 21 heavy (non-hydrogen) atoms. The largest absolute Gasteiger partial charge is 0.480 e. The third-order valence-corrected chi connectivity index (χ3v) is 2.74. The van der Waals surface area contributed by atoms with Crippen molar-refractivity contribution in [2.45, 2.75) is 6.54 Å². The van der Waals surface area contributed by atoms with E-state index in [0.717, 1.165) is 5.56 Å². The van der Waals surface area contributed by atoms with Gasteiger partial charge in [0, 0.05) is 20.2 Å². The fraction of sp³-hybridized carbons (Fsp3) is 0.429. The normalized spacial score (nSPS) is 10.6. The van der Waals surface area contributed by atoms with Crippen LogP contribution in [-0.2, 0) is 20.9 Å². The lowest BCUT2D eigenvalue weighted by Gasteiger charge is -2.19. The van der Waals surface area contributed by atoms with Gasteiger partial charge in [0.05, 0.1) is 19.7 Å². The number of carboxylic acids is 1. The second-order valence-corrected chi connectivity index (χ2v) is 4.50. The maximum Gasteiger partial charge on any atom is 0.317 e. The first-order valence-electron chi connectivity index (χ1n) is 6.45. The number of halogens is 1. The van der Waals surface area contributed by atoms with Gasteiger partial charge in [-0.05, 0) is 17.7 Å². The minimum absolute atomic E-state index is 0.0309. The van der Waals surface area contributed by atoms with Crippen LogP contribution in [0.2, 0.25) is 0 Å². The second kappa shape index (κ2) is 9.04. The molecule has 0 aromatic heterocycles. The standard InChI is InChI=1S/C14H19FN2O4/c1-21-7-6-17(10-14(19)20)9-13(18)16-8-11-2-4-12(15)5-3-11/h2-5H,6-10H2,1H3,(H,16,18)(H,19,20). The van der Waals surface area contributed by atoms with E-state index >= 15 is 0 Å². The van der Waals surface area contributed by atoms with E-state index in [0.29, 0.717) is 13.2 Å². The summed E-state index contributed by atoms with van der Waals surface area (Å²) in [7, 11) is 1.51. The highest BCUT2D eigenvalue weighted by Crippen LogP contribution is 2.02. The molecule has 0 heterocycles. The van der Waals surface area contributed by atoms with Gasteiger partial charge < -0.3 is 15.2 Å². The molecule has 0 radical (unpaired) electrons. The van der Waals surface area contributed by atoms with E-state index in [1.165, 1.54) is 24.1 Å². The molecule has 0 spiro atoms. The van der Waals surface area contributed by atoms with Crippen LogP contribution in [0.3, 0.4) is 0 Å². The maximum atomic E-state index is 12.7. The molecule has 0 unspecified atom stereocenters. The number of benzene rings is 1. The molecule has 1 amide bonds. The lowest BCUT2D eigenvalue weighted by Crippen LogP contribution is -2.41. The van der Waals surface area contributed by atoms with E-state index in [9.17, 15) is 14.0 Å². The van der Waals surface area contributed by atoms with Crippen LogP contribution in [0.25, 0.3) is 0 Å². The summed E-state index contributed by atoms with van der Waals surface area (Å²) in [5.74, 6) is -1.63. The molecule has 0 fully saturated rings. The van der Waals surface area contributed by atoms with Gasteiger partial charge >= 0.3 is 5.97 Å². The average molecular weight is 298 g/mol. The smallest absolute Gasteiger partial charge is 0.317 e. The van der Waals surface area contributed by atoms with Crippen LogP contribution in [0.15, 0.2) is 24.3 Å². The van der Waals surface area contributed by atoms with E-state index < -0.39 is 5.97 Å². The van der Waals surface area contributed by atoms with Gasteiger partial charge in [0.1, 0.15) is 5.82 Å². The third-order valence-electron chi connectivity index (χ3n) is 2.74. The molecule has 0 bridgehead atoms. The van der Waals surface area contributed by atoms with Crippen LogP contribution in [0.4, 0.5) is 4.39 Å². The summed E-state index contributed by atoms with van der Waals surface area (Å²) < 4.78 is 17.6. The number of nitrogens with zero attached hydrogens (tertiary/aromatic N) is 1. The van der Waals surface area contributed by atoms with E-state index in [1.807, 2.05) is 0 Å². The summed E-state index contributed by atoms with van der Waals surface area (Å²) in [5.41, 5.74) is 0.770. The molecule has 1 aromatic carbocycles. The molecule has 0 aliphatic carbocycles. The number of aliphatic carboxylic acids is 1. The molecule has 0 saturated carbocycles. The highest BCUT2D eigenvalue weighted by Gasteiger charge is 2.13. The monoisotopic (exact) mass is 298 g/mol. The van der Waals surface area contributed by atoms with Gasteiger partial charge in [0.25, 0.3) is 0 Å². The van der Waals surface area contributed by atoms with Gasteiger partial charge in [-0.1, -0.05) is 12.1 Å². The first kappa shape index (κ1) is 17.1. The first-order valence-corrected chi connectivity index (χ1v) is 6.45. The Bertz CT molecular complexity index is 465. The summed E-state index contributed by atoms with van der Waals surface area (Å²) >= 11 is 0. The fourth-order valence-corrected chi connectivity index (χ4v) is 1.69. The van der Waals surface area contributed by atoms with Crippen molar-refractivity contribution in [3.63, 3.8) is 0 Å². The Labute approximate surface area is 122 Å². The first-order chi connectivity index (χ1) is 10.0. The molecule has 116 valence electrons. The molecule has 0 aliphatic rings. The summed E-state index contributed by atoms with van der Waals surface area (Å²) in [6.45, 7) is 0.708. The minimum atomic E-state index is -1.00. The number of nitrogens with one attached hydrogen (secondary N) is 1. The maximum absolute atomic E-state index is 12.7. The zero-order valence-electron chi connectivity index (χ0n) is 11.8. The van der Waals surface area contributed by atoms with Crippen LogP contribution >= 0.6 is 0 Å². The highest BCUT2D eigenvalue weighted by molar-refractivity contribution is 5.79. The number of hydrogen-bond donors (Lipinski definition) is 2. The molecule has 6 nitrogen and oxygen atoms in total. The molecule has 1 aromatic rings. The summed E-state index contributed by atoms with van der Waals surface area (Å²) in [5, 5.41) is 11.4. The Morgan fingerprint density at radius 1 is 1.29 bits per heavy atom. The van der Waals surface area contributed by atoms with Crippen molar-refractivity contribution < 1.29 is 23.8 Å². The molecular formula is C14H19FN2O4. The van der Waals surface area contributed by atoms with E-state index in [4.69, 9.17) is 9.84 Å². The van der Waals surface area contributed by atoms with Crippen molar-refractivity contribution in [1.29, 1.82) is 0 Å². The van der Waals surface area contributed by atoms with Gasteiger partial charge in [0.2, 0.25) is 5.91 Å². The lowest BCUT2D eigenvalue weighted by molar-refractivity contribution is -0.138. The molecule has 0 aliphatic heterocycles. The molecular weight excluding hydrogens is 279 g/mol. The second-order valence-electron chi connectivity index (χ2n) is 4.50. The van der Waals surface area contributed by atoms with E-state index in [-0.39, 0.29) is 31.4 Å². The van der Waals surface area contributed by atoms with Crippen LogP contribution in [0.5, 0.6) is 0 Å². The van der Waals surface area contributed by atoms with Gasteiger partial charge in [-0.25, -0.2) is 4.39 Å². The van der Waals surface area contributed by atoms with Crippen molar-refractivity contribution in [2.24, 2.45) is 0 Å². The van der Waals surface area contributed by atoms with E-state index in [1.54, 1.807) is 12.1 Å². The quantitative estimate of drug-likeness (QED) is 0.693. The SMILES string of the molecule is COCCN(CC(=O)O)CC(=O)NCc1ccc(F)cc1. The Morgan fingerprint density at radius 2 is 1.95 bits per heavy atom. The van der Waals surface area contributed by atoms with Gasteiger partial charge in [-0.2, -0.15) is 0 Å². The zero-order valence-corrected chi connectivity index (χ0v) is 11.8. The lowest BCUT2D eigenvalue weighted by atomic mass is 10.2. The number of methoxy groups -OCH3 is 1. The Kier molecular flexibility index (Phi) is 7.34. The predicted molar refractivity (Wildman–Crippen MR) is 74.2 cm³/mol. The molecule has 1 rings (SSSR count).